The molecule has 7 nitrogen and oxygen atoms in total. The number of benzene rings is 2. The summed E-state index contributed by atoms with van der Waals surface area (Å²) < 4.78 is 71.7. The number of hydrogen-bond acceptors (Lipinski definition) is 6. The third-order valence-corrected chi connectivity index (χ3v) is 6.91. The number of hydrogen-bond donors (Lipinski definition) is 2. The van der Waals surface area contributed by atoms with Gasteiger partial charge < -0.3 is 10.4 Å². The molecule has 37 heavy (non-hydrogen) atoms. The number of aliphatic carboxylic acids is 1. The van der Waals surface area contributed by atoms with E-state index in [9.17, 15) is 26.0 Å². The molecule has 1 heterocycles. The van der Waals surface area contributed by atoms with Crippen LogP contribution in [0.1, 0.15) is 30.6 Å². The van der Waals surface area contributed by atoms with Gasteiger partial charge in [0.05, 0.1) is 28.2 Å². The third-order valence-electron chi connectivity index (χ3n) is 4.60. The number of carbonyl (C=O) groups is 1. The lowest BCUT2D eigenvalue weighted by molar-refractivity contribution is -0.192. The molecule has 0 bridgehead atoms. The van der Waals surface area contributed by atoms with E-state index < -0.39 is 38.4 Å². The Morgan fingerprint density at radius 2 is 1.76 bits per heavy atom. The molecule has 2 N–H and O–H groups in total. The Labute approximate surface area is 227 Å². The molecule has 0 amide bonds. The Morgan fingerprint density at radius 3 is 2.27 bits per heavy atom. The fourth-order valence-corrected chi connectivity index (χ4v) is 4.82. The Bertz CT molecular complexity index is 1320. The lowest BCUT2D eigenvalue weighted by Gasteiger charge is -2.21. The molecule has 0 spiro atoms. The molecule has 0 saturated heterocycles. The van der Waals surface area contributed by atoms with Gasteiger partial charge >= 0.3 is 12.1 Å². The summed E-state index contributed by atoms with van der Waals surface area (Å²) in [5.41, 5.74) is 1.40. The number of carboxylic acids is 1. The van der Waals surface area contributed by atoms with Crippen molar-refractivity contribution in [1.29, 1.82) is 0 Å². The minimum atomic E-state index is -5.08. The molecule has 0 saturated carbocycles. The van der Waals surface area contributed by atoms with Crippen molar-refractivity contribution in [3.63, 3.8) is 0 Å². The van der Waals surface area contributed by atoms with Gasteiger partial charge in [-0.25, -0.2) is 27.6 Å². The average molecular weight is 602 g/mol. The summed E-state index contributed by atoms with van der Waals surface area (Å²) in [6.45, 7) is 1.95. The van der Waals surface area contributed by atoms with E-state index in [4.69, 9.17) is 33.1 Å². The highest BCUT2D eigenvalue weighted by atomic mass is 35.5. The van der Waals surface area contributed by atoms with Gasteiger partial charge in [0, 0.05) is 11.2 Å². The van der Waals surface area contributed by atoms with Crippen molar-refractivity contribution in [2.24, 2.45) is 0 Å². The zero-order valence-corrected chi connectivity index (χ0v) is 22.3. The Kier molecular flexibility index (Phi) is 12.1. The molecule has 15 heteroatoms. The summed E-state index contributed by atoms with van der Waals surface area (Å²) in [4.78, 5) is 16.0. The number of rotatable bonds is 7. The van der Waals surface area contributed by atoms with E-state index in [1.54, 1.807) is 6.07 Å². The molecule has 202 valence electrons. The molecule has 3 aromatic rings. The first-order valence-electron chi connectivity index (χ1n) is 10.0. The highest BCUT2D eigenvalue weighted by Gasteiger charge is 2.38. The van der Waals surface area contributed by atoms with Crippen LogP contribution in [0.2, 0.25) is 10.0 Å². The minimum Gasteiger partial charge on any atom is -0.475 e. The van der Waals surface area contributed by atoms with E-state index in [1.165, 1.54) is 18.6 Å². The maximum absolute atomic E-state index is 14.7. The average Bonchev–Trinajstić information content (AvgIpc) is 2.80. The van der Waals surface area contributed by atoms with Crippen LogP contribution in [0.4, 0.5) is 23.2 Å². The topological polar surface area (TPSA) is 109 Å². The van der Waals surface area contributed by atoms with Gasteiger partial charge in [0.15, 0.2) is 9.84 Å². The van der Waals surface area contributed by atoms with E-state index in [0.29, 0.717) is 11.4 Å². The standard InChI is InChI=1S/C20H18Cl2FN3O2S.C2HF3O2.H2S/c1-2-18(14-5-3-4-6-15(14)21)26-19-10-17(23)20(9-16(19)22)29(27,28)11-13-7-8-24-12-25-13;3-2(4,5)1(6)7;/h3-10,12,18,26H,2,11H2,1H3;(H,6,7);1H2/t18-;;/m0../s1. The second kappa shape index (κ2) is 13.8. The van der Waals surface area contributed by atoms with Gasteiger partial charge in [0.2, 0.25) is 0 Å². The molecule has 0 fully saturated rings. The van der Waals surface area contributed by atoms with Crippen molar-refractivity contribution in [1.82, 2.24) is 9.97 Å². The fourth-order valence-electron chi connectivity index (χ4n) is 2.90. The molecule has 0 aliphatic carbocycles. The highest BCUT2D eigenvalue weighted by molar-refractivity contribution is 7.90. The fraction of sp³-hybridized carbons (Fsp3) is 0.227. The van der Waals surface area contributed by atoms with Gasteiger partial charge in [-0.2, -0.15) is 26.7 Å². The van der Waals surface area contributed by atoms with Crippen molar-refractivity contribution >= 4 is 58.2 Å². The number of alkyl halides is 3. The molecule has 0 unspecified atom stereocenters. The van der Waals surface area contributed by atoms with Crippen molar-refractivity contribution in [3.8, 4) is 0 Å². The molecule has 0 aliphatic heterocycles. The third kappa shape index (κ3) is 9.33. The summed E-state index contributed by atoms with van der Waals surface area (Å²) in [6, 6.07) is 10.8. The number of anilines is 1. The first-order chi connectivity index (χ1) is 16.8. The normalized spacial score (nSPS) is 12.0. The van der Waals surface area contributed by atoms with Crippen LogP contribution >= 0.6 is 36.7 Å². The predicted molar refractivity (Wildman–Crippen MR) is 137 cm³/mol. The smallest absolute Gasteiger partial charge is 0.475 e. The molecule has 1 aromatic heterocycles. The summed E-state index contributed by atoms with van der Waals surface area (Å²) in [6.07, 6.45) is -1.76. The van der Waals surface area contributed by atoms with Crippen LogP contribution < -0.4 is 5.32 Å². The van der Waals surface area contributed by atoms with Crippen LogP contribution in [0.5, 0.6) is 0 Å². The maximum atomic E-state index is 14.7. The van der Waals surface area contributed by atoms with Gasteiger partial charge in [0.1, 0.15) is 17.0 Å². The lowest BCUT2D eigenvalue weighted by atomic mass is 10.0. The van der Waals surface area contributed by atoms with Gasteiger partial charge in [0.25, 0.3) is 0 Å². The number of sulfone groups is 1. The van der Waals surface area contributed by atoms with Gasteiger partial charge in [-0.1, -0.05) is 48.3 Å². The van der Waals surface area contributed by atoms with Crippen LogP contribution in [0, 0.1) is 5.82 Å². The minimum absolute atomic E-state index is 0. The van der Waals surface area contributed by atoms with E-state index in [0.717, 1.165) is 17.7 Å². The second-order valence-corrected chi connectivity index (χ2v) is 9.92. The number of carboxylic acid groups (broad SMARTS) is 1. The second-order valence-electron chi connectivity index (χ2n) is 7.15. The number of halogens is 6. The largest absolute Gasteiger partial charge is 0.490 e. The van der Waals surface area contributed by atoms with Crippen LogP contribution in [0.3, 0.4) is 0 Å². The molecule has 1 atom stereocenters. The predicted octanol–water partition coefficient (Wildman–Crippen LogP) is 6.21. The van der Waals surface area contributed by atoms with E-state index in [1.807, 2.05) is 25.1 Å². The lowest BCUT2D eigenvalue weighted by Crippen LogP contribution is -2.21. The first-order valence-corrected chi connectivity index (χ1v) is 12.4. The SMILES string of the molecule is CC[C@H](Nc1cc(F)c(S(=O)(=O)Cc2ccncn2)cc1Cl)c1ccccc1Cl.O=C(O)C(F)(F)F.S. The van der Waals surface area contributed by atoms with Crippen molar-refractivity contribution < 1.29 is 35.9 Å². The van der Waals surface area contributed by atoms with Crippen LogP contribution in [-0.2, 0) is 20.4 Å². The van der Waals surface area contributed by atoms with Crippen molar-refractivity contribution in [3.05, 3.63) is 82.1 Å². The molecular formula is C22H21Cl2F4N3O4S2. The molecule has 3 rings (SSSR count). The van der Waals surface area contributed by atoms with Gasteiger partial charge in [-0.3, -0.25) is 0 Å². The number of nitrogens with one attached hydrogen (secondary N) is 1. The Morgan fingerprint density at radius 1 is 1.14 bits per heavy atom. The Balaban J connectivity index is 0.000000754. The number of nitrogens with zero attached hydrogens (tertiary/aromatic N) is 2. The molecule has 0 aliphatic rings. The van der Waals surface area contributed by atoms with Crippen LogP contribution in [0.15, 0.2) is 59.9 Å². The van der Waals surface area contributed by atoms with E-state index in [-0.39, 0.29) is 35.9 Å². The highest BCUT2D eigenvalue weighted by Crippen LogP contribution is 2.34. The summed E-state index contributed by atoms with van der Waals surface area (Å²) >= 11 is 12.5. The zero-order valence-electron chi connectivity index (χ0n) is 18.9. The van der Waals surface area contributed by atoms with Gasteiger partial charge in [-0.15, -0.1) is 0 Å². The van der Waals surface area contributed by atoms with Crippen LogP contribution in [0.25, 0.3) is 0 Å². The molecule has 2 aromatic carbocycles. The van der Waals surface area contributed by atoms with E-state index in [2.05, 4.69) is 15.3 Å². The monoisotopic (exact) mass is 601 g/mol. The maximum Gasteiger partial charge on any atom is 0.490 e. The summed E-state index contributed by atoms with van der Waals surface area (Å²) in [7, 11) is -3.97. The number of aromatic nitrogens is 2. The quantitative estimate of drug-likeness (QED) is 0.310. The van der Waals surface area contributed by atoms with E-state index >= 15 is 0 Å². The zero-order chi connectivity index (χ0) is 27.1. The molecular weight excluding hydrogens is 581 g/mol. The van der Waals surface area contributed by atoms with Crippen molar-refractivity contribution in [2.45, 2.75) is 36.2 Å². The first kappa shape index (κ1) is 32.4. The Hall–Kier alpha value is -2.61. The summed E-state index contributed by atoms with van der Waals surface area (Å²) in [5, 5.41) is 10.9. The molecule has 0 radical (unpaired) electrons. The van der Waals surface area contributed by atoms with Crippen LogP contribution in [-0.4, -0.2) is 35.6 Å². The summed E-state index contributed by atoms with van der Waals surface area (Å²) in [5.74, 6) is -4.10. The van der Waals surface area contributed by atoms with Crippen molar-refractivity contribution in [2.75, 3.05) is 5.32 Å². The van der Waals surface area contributed by atoms with Gasteiger partial charge in [-0.05, 0) is 36.2 Å².